The molecule has 0 fully saturated rings. The van der Waals surface area contributed by atoms with Crippen LogP contribution in [0.5, 0.6) is 0 Å². The first-order valence-corrected chi connectivity index (χ1v) is 17.3. The van der Waals surface area contributed by atoms with Crippen molar-refractivity contribution in [3.05, 3.63) is 129 Å². The van der Waals surface area contributed by atoms with Gasteiger partial charge in [0.2, 0.25) is 11.8 Å². The van der Waals surface area contributed by atoms with E-state index in [2.05, 4.69) is 5.32 Å². The van der Waals surface area contributed by atoms with E-state index >= 15 is 0 Å². The van der Waals surface area contributed by atoms with Gasteiger partial charge in [0.15, 0.2) is 0 Å². The molecule has 0 saturated heterocycles. The molecular weight excluding hydrogens is 641 g/mol. The number of rotatable bonds is 13. The van der Waals surface area contributed by atoms with Crippen LogP contribution in [0.25, 0.3) is 0 Å². The summed E-state index contributed by atoms with van der Waals surface area (Å²) in [5.41, 5.74) is 3.61. The minimum Gasteiger partial charge on any atom is -0.354 e. The Balaban J connectivity index is 1.83. The molecule has 10 heteroatoms. The van der Waals surface area contributed by atoms with E-state index in [1.54, 1.807) is 48.5 Å². The second-order valence-corrected chi connectivity index (χ2v) is 14.4. The quantitative estimate of drug-likeness (QED) is 0.162. The van der Waals surface area contributed by atoms with Crippen LogP contribution in [0.3, 0.4) is 0 Å². The second-order valence-electron chi connectivity index (χ2n) is 11.7. The van der Waals surface area contributed by atoms with Crippen LogP contribution < -0.4 is 9.62 Å². The molecule has 0 heterocycles. The van der Waals surface area contributed by atoms with Crippen molar-refractivity contribution in [1.29, 1.82) is 0 Å². The van der Waals surface area contributed by atoms with Gasteiger partial charge in [0.1, 0.15) is 12.6 Å². The molecule has 1 atom stereocenters. The van der Waals surface area contributed by atoms with E-state index in [-0.39, 0.29) is 29.7 Å². The lowest BCUT2D eigenvalue weighted by molar-refractivity contribution is -0.140. The fourth-order valence-corrected chi connectivity index (χ4v) is 6.83. The molecule has 46 heavy (non-hydrogen) atoms. The summed E-state index contributed by atoms with van der Waals surface area (Å²) in [6, 6.07) is 26.6. The van der Waals surface area contributed by atoms with Crippen LogP contribution in [0, 0.1) is 19.8 Å². The number of sulfonamides is 1. The molecule has 0 saturated carbocycles. The van der Waals surface area contributed by atoms with Gasteiger partial charge in [-0.05, 0) is 78.4 Å². The van der Waals surface area contributed by atoms with Gasteiger partial charge < -0.3 is 10.2 Å². The number of carbonyl (C=O) groups excluding carboxylic acids is 2. The first-order chi connectivity index (χ1) is 21.9. The Morgan fingerprint density at radius 2 is 1.48 bits per heavy atom. The Morgan fingerprint density at radius 1 is 0.826 bits per heavy atom. The van der Waals surface area contributed by atoms with Gasteiger partial charge in [-0.15, -0.1) is 0 Å². The van der Waals surface area contributed by atoms with E-state index in [9.17, 15) is 18.0 Å². The zero-order chi connectivity index (χ0) is 33.4. The molecule has 242 valence electrons. The average Bonchev–Trinajstić information content (AvgIpc) is 3.03. The van der Waals surface area contributed by atoms with Crippen molar-refractivity contribution in [2.45, 2.75) is 51.6 Å². The number of hydrogen-bond acceptors (Lipinski definition) is 4. The van der Waals surface area contributed by atoms with Gasteiger partial charge in [-0.2, -0.15) is 0 Å². The van der Waals surface area contributed by atoms with Crippen molar-refractivity contribution in [2.75, 3.05) is 17.4 Å². The molecule has 2 amide bonds. The monoisotopic (exact) mass is 679 g/mol. The maximum atomic E-state index is 14.6. The molecule has 1 unspecified atom stereocenters. The second kappa shape index (κ2) is 15.6. The van der Waals surface area contributed by atoms with Crippen molar-refractivity contribution in [2.24, 2.45) is 5.92 Å². The van der Waals surface area contributed by atoms with Crippen molar-refractivity contribution < 1.29 is 18.0 Å². The summed E-state index contributed by atoms with van der Waals surface area (Å²) >= 11 is 12.8. The number of halogens is 2. The molecule has 0 bridgehead atoms. The molecule has 4 aromatic carbocycles. The summed E-state index contributed by atoms with van der Waals surface area (Å²) in [6.45, 7) is 7.60. The summed E-state index contributed by atoms with van der Waals surface area (Å²) < 4.78 is 29.4. The molecule has 0 aliphatic heterocycles. The van der Waals surface area contributed by atoms with Gasteiger partial charge in [-0.25, -0.2) is 8.42 Å². The van der Waals surface area contributed by atoms with Crippen molar-refractivity contribution in [3.63, 3.8) is 0 Å². The summed E-state index contributed by atoms with van der Waals surface area (Å²) in [4.78, 5) is 29.9. The third kappa shape index (κ3) is 8.90. The summed E-state index contributed by atoms with van der Waals surface area (Å²) in [5, 5.41) is 3.74. The van der Waals surface area contributed by atoms with Crippen molar-refractivity contribution >= 4 is 50.7 Å². The maximum absolute atomic E-state index is 14.6. The lowest BCUT2D eigenvalue weighted by atomic mass is 10.0. The molecule has 0 spiro atoms. The largest absolute Gasteiger partial charge is 0.354 e. The van der Waals surface area contributed by atoms with Crippen LogP contribution in [-0.2, 0) is 32.6 Å². The SMILES string of the molecule is Cc1ccc(N(CC(=O)N(Cc2ccc(Cl)cc2Cl)C(Cc2ccccc2)C(=O)NCC(C)C)S(=O)(=O)c2ccccc2)cc1C. The van der Waals surface area contributed by atoms with E-state index in [1.807, 2.05) is 64.1 Å². The normalized spacial score (nSPS) is 12.1. The Kier molecular flexibility index (Phi) is 11.9. The predicted molar refractivity (Wildman–Crippen MR) is 186 cm³/mol. The summed E-state index contributed by atoms with van der Waals surface area (Å²) in [7, 11) is -4.18. The zero-order valence-corrected chi connectivity index (χ0v) is 28.7. The summed E-state index contributed by atoms with van der Waals surface area (Å²) in [6.07, 6.45) is 0.205. The lowest BCUT2D eigenvalue weighted by Crippen LogP contribution is -2.53. The number of hydrogen-bond donors (Lipinski definition) is 1. The van der Waals surface area contributed by atoms with Crippen LogP contribution in [0.2, 0.25) is 10.0 Å². The zero-order valence-electron chi connectivity index (χ0n) is 26.4. The van der Waals surface area contributed by atoms with Crippen LogP contribution in [0.1, 0.15) is 36.1 Å². The standard InChI is InChI=1S/C36H39Cl2N3O4S/c1-25(2)22-39-36(43)34(20-28-11-7-5-8-12-28)40(23-29-16-17-30(37)21-33(29)38)35(42)24-41(31-18-15-26(3)27(4)19-31)46(44,45)32-13-9-6-10-14-32/h5-19,21,25,34H,20,22-24H2,1-4H3,(H,39,43). The number of anilines is 1. The number of nitrogens with zero attached hydrogens (tertiary/aromatic N) is 2. The number of benzene rings is 4. The molecular formula is C36H39Cl2N3O4S. The van der Waals surface area contributed by atoms with E-state index in [1.165, 1.54) is 17.0 Å². The van der Waals surface area contributed by atoms with E-state index in [0.717, 1.165) is 21.0 Å². The molecule has 1 N–H and O–H groups in total. The fraction of sp³-hybridized carbons (Fsp3) is 0.278. The fourth-order valence-electron chi connectivity index (χ4n) is 4.94. The smallest absolute Gasteiger partial charge is 0.264 e. The Morgan fingerprint density at radius 3 is 2.09 bits per heavy atom. The number of aryl methyl sites for hydroxylation is 2. The van der Waals surface area contributed by atoms with Gasteiger partial charge >= 0.3 is 0 Å². The molecule has 0 aromatic heterocycles. The van der Waals surface area contributed by atoms with E-state index in [4.69, 9.17) is 23.2 Å². The highest BCUT2D eigenvalue weighted by Gasteiger charge is 2.35. The van der Waals surface area contributed by atoms with Crippen LogP contribution in [0.15, 0.2) is 102 Å². The Labute approximate surface area is 282 Å². The lowest BCUT2D eigenvalue weighted by Gasteiger charge is -2.34. The van der Waals surface area contributed by atoms with Gasteiger partial charge in [0.25, 0.3) is 10.0 Å². The minimum atomic E-state index is -4.18. The molecule has 0 radical (unpaired) electrons. The first kappa shape index (κ1) is 35.0. The highest BCUT2D eigenvalue weighted by atomic mass is 35.5. The van der Waals surface area contributed by atoms with Crippen LogP contribution >= 0.6 is 23.2 Å². The highest BCUT2D eigenvalue weighted by Crippen LogP contribution is 2.28. The molecule has 0 aliphatic rings. The summed E-state index contributed by atoms with van der Waals surface area (Å²) in [5.74, 6) is -0.739. The molecule has 0 aliphatic carbocycles. The molecule has 4 aromatic rings. The van der Waals surface area contributed by atoms with Crippen LogP contribution in [0.4, 0.5) is 5.69 Å². The maximum Gasteiger partial charge on any atom is 0.264 e. The van der Waals surface area contributed by atoms with Crippen molar-refractivity contribution in [3.8, 4) is 0 Å². The van der Waals surface area contributed by atoms with Gasteiger partial charge in [-0.3, -0.25) is 13.9 Å². The van der Waals surface area contributed by atoms with E-state index < -0.39 is 28.5 Å². The van der Waals surface area contributed by atoms with Gasteiger partial charge in [0, 0.05) is 29.6 Å². The van der Waals surface area contributed by atoms with Gasteiger partial charge in [-0.1, -0.05) is 97.7 Å². The van der Waals surface area contributed by atoms with Crippen LogP contribution in [-0.4, -0.2) is 44.3 Å². The highest BCUT2D eigenvalue weighted by molar-refractivity contribution is 7.92. The minimum absolute atomic E-state index is 0.0452. The number of amides is 2. The Hall–Kier alpha value is -3.85. The first-order valence-electron chi connectivity index (χ1n) is 15.1. The molecule has 7 nitrogen and oxygen atoms in total. The third-order valence-corrected chi connectivity index (χ3v) is 10.1. The number of carbonyl (C=O) groups is 2. The molecule has 4 rings (SSSR count). The van der Waals surface area contributed by atoms with Crippen molar-refractivity contribution in [1.82, 2.24) is 10.2 Å². The van der Waals surface area contributed by atoms with Gasteiger partial charge in [0.05, 0.1) is 10.6 Å². The Bertz CT molecular complexity index is 1770. The average molecular weight is 681 g/mol. The van der Waals surface area contributed by atoms with E-state index in [0.29, 0.717) is 27.8 Å². The number of nitrogens with one attached hydrogen (secondary N) is 1. The third-order valence-electron chi connectivity index (χ3n) is 7.70. The predicted octanol–water partition coefficient (Wildman–Crippen LogP) is 7.22. The topological polar surface area (TPSA) is 86.8 Å².